The number of hydrogen-bond acceptors (Lipinski definition) is 3. The van der Waals surface area contributed by atoms with E-state index >= 15 is 0 Å². The number of nitriles is 1. The van der Waals surface area contributed by atoms with Crippen LogP contribution in [0.25, 0.3) is 0 Å². The van der Waals surface area contributed by atoms with Crippen molar-refractivity contribution < 1.29 is 14.6 Å². The molecule has 4 nitrogen and oxygen atoms in total. The highest BCUT2D eigenvalue weighted by Crippen LogP contribution is 2.24. The molecule has 0 aromatic heterocycles. The molecule has 0 aliphatic heterocycles. The number of nitrogens with zero attached hydrogens (tertiary/aromatic N) is 1. The van der Waals surface area contributed by atoms with Crippen LogP contribution in [-0.2, 0) is 0 Å². The molecule has 1 N–H and O–H groups in total. The van der Waals surface area contributed by atoms with E-state index in [9.17, 15) is 4.79 Å². The van der Waals surface area contributed by atoms with Crippen LogP contribution in [0.3, 0.4) is 0 Å². The monoisotopic (exact) mass is 269 g/mol. The van der Waals surface area contributed by atoms with Gasteiger partial charge in [-0.25, -0.2) is 4.79 Å². The Morgan fingerprint density at radius 1 is 1.67 bits per heavy atom. The van der Waals surface area contributed by atoms with Crippen LogP contribution in [0.5, 0.6) is 5.75 Å². The molecule has 5 heteroatoms. The third-order valence-electron chi connectivity index (χ3n) is 1.66. The van der Waals surface area contributed by atoms with Crippen molar-refractivity contribution in [2.45, 2.75) is 13.0 Å². The van der Waals surface area contributed by atoms with E-state index in [1.54, 1.807) is 13.0 Å². The van der Waals surface area contributed by atoms with E-state index in [-0.39, 0.29) is 11.3 Å². The van der Waals surface area contributed by atoms with E-state index < -0.39 is 12.1 Å². The van der Waals surface area contributed by atoms with E-state index in [0.717, 1.165) is 0 Å². The highest BCUT2D eigenvalue weighted by Gasteiger charge is 2.13. The molecule has 0 saturated carbocycles. The van der Waals surface area contributed by atoms with E-state index in [4.69, 9.17) is 15.1 Å². The van der Waals surface area contributed by atoms with Crippen molar-refractivity contribution in [2.75, 3.05) is 0 Å². The summed E-state index contributed by atoms with van der Waals surface area (Å²) in [6.45, 7) is 1.55. The fraction of sp³-hybridized carbons (Fsp3) is 0.200. The predicted molar refractivity (Wildman–Crippen MR) is 56.8 cm³/mol. The van der Waals surface area contributed by atoms with E-state index in [0.29, 0.717) is 4.47 Å². The van der Waals surface area contributed by atoms with Gasteiger partial charge in [0.1, 0.15) is 17.4 Å². The summed E-state index contributed by atoms with van der Waals surface area (Å²) in [7, 11) is 0. The van der Waals surface area contributed by atoms with E-state index in [1.807, 2.05) is 6.07 Å². The second-order valence-electron chi connectivity index (χ2n) is 2.83. The average Bonchev–Trinajstić information content (AvgIpc) is 2.20. The van der Waals surface area contributed by atoms with Crippen molar-refractivity contribution in [3.63, 3.8) is 0 Å². The Balaban J connectivity index is 3.07. The molecule has 0 radical (unpaired) electrons. The molecule has 78 valence electrons. The first kappa shape index (κ1) is 11.5. The Bertz CT molecular complexity index is 425. The van der Waals surface area contributed by atoms with Crippen LogP contribution in [0.15, 0.2) is 22.7 Å². The number of carbonyl (C=O) groups is 1. The van der Waals surface area contributed by atoms with Gasteiger partial charge in [0.2, 0.25) is 0 Å². The summed E-state index contributed by atoms with van der Waals surface area (Å²) in [5.41, 5.74) is 0.0338. The van der Waals surface area contributed by atoms with Crippen LogP contribution >= 0.6 is 15.9 Å². The minimum absolute atomic E-state index is 0.0338. The van der Waals surface area contributed by atoms with Crippen molar-refractivity contribution in [3.8, 4) is 11.8 Å². The Morgan fingerprint density at radius 3 is 2.87 bits per heavy atom. The molecule has 1 unspecified atom stereocenters. The fourth-order valence-electron chi connectivity index (χ4n) is 0.989. The number of hydrogen-bond donors (Lipinski definition) is 1. The second kappa shape index (κ2) is 4.80. The van der Waals surface area contributed by atoms with Gasteiger partial charge in [0.25, 0.3) is 0 Å². The minimum atomic E-state index is -1.09. The lowest BCUT2D eigenvalue weighted by Gasteiger charge is -2.10. The van der Waals surface area contributed by atoms with Gasteiger partial charge in [-0.2, -0.15) is 5.26 Å². The molecule has 0 aliphatic rings. The van der Waals surface area contributed by atoms with Crippen LogP contribution in [0.4, 0.5) is 0 Å². The van der Waals surface area contributed by atoms with Gasteiger partial charge in [-0.15, -0.1) is 0 Å². The largest absolute Gasteiger partial charge is 0.478 e. The third kappa shape index (κ3) is 2.96. The molecule has 15 heavy (non-hydrogen) atoms. The zero-order valence-corrected chi connectivity index (χ0v) is 9.48. The van der Waals surface area contributed by atoms with Crippen molar-refractivity contribution in [1.82, 2.24) is 0 Å². The first-order valence-corrected chi connectivity index (χ1v) is 4.93. The number of aromatic carboxylic acids is 1. The predicted octanol–water partition coefficient (Wildman–Crippen LogP) is 2.44. The molecule has 1 aromatic rings. The molecule has 0 aliphatic carbocycles. The van der Waals surface area contributed by atoms with Crippen LogP contribution in [0.1, 0.15) is 17.3 Å². The maximum absolute atomic E-state index is 10.9. The Kier molecular flexibility index (Phi) is 3.69. The lowest BCUT2D eigenvalue weighted by atomic mass is 10.2. The molecule has 1 atom stereocenters. The van der Waals surface area contributed by atoms with Crippen LogP contribution < -0.4 is 4.74 Å². The molecular formula is C10H8BrNO3. The molecule has 0 heterocycles. The molecular weight excluding hydrogens is 262 g/mol. The van der Waals surface area contributed by atoms with Crippen molar-refractivity contribution in [2.24, 2.45) is 0 Å². The van der Waals surface area contributed by atoms with E-state index in [1.165, 1.54) is 12.1 Å². The topological polar surface area (TPSA) is 70.3 Å². The molecule has 0 saturated heterocycles. The van der Waals surface area contributed by atoms with Gasteiger partial charge in [0.15, 0.2) is 6.10 Å². The quantitative estimate of drug-likeness (QED) is 0.915. The zero-order chi connectivity index (χ0) is 11.4. The number of ether oxygens (including phenoxy) is 1. The summed E-state index contributed by atoms with van der Waals surface area (Å²) < 4.78 is 5.80. The van der Waals surface area contributed by atoms with Crippen molar-refractivity contribution in [1.29, 1.82) is 5.26 Å². The number of carboxylic acid groups (broad SMARTS) is 1. The standard InChI is InChI=1S/C10H8BrNO3/c1-6(5-12)15-9-3-2-7(11)4-8(9)10(13)14/h2-4,6H,1H3,(H,13,14). The Morgan fingerprint density at radius 2 is 2.33 bits per heavy atom. The van der Waals surface area contributed by atoms with Gasteiger partial charge in [-0.1, -0.05) is 15.9 Å². The summed E-state index contributed by atoms with van der Waals surface area (Å²) in [5.74, 6) is -0.892. The van der Waals surface area contributed by atoms with Crippen LogP contribution in [-0.4, -0.2) is 17.2 Å². The molecule has 0 amide bonds. The van der Waals surface area contributed by atoms with Crippen molar-refractivity contribution in [3.05, 3.63) is 28.2 Å². The Hall–Kier alpha value is -1.54. The van der Waals surface area contributed by atoms with Gasteiger partial charge in [-0.05, 0) is 25.1 Å². The van der Waals surface area contributed by atoms with Gasteiger partial charge in [0, 0.05) is 4.47 Å². The molecule has 1 aromatic carbocycles. The minimum Gasteiger partial charge on any atom is -0.478 e. The van der Waals surface area contributed by atoms with Crippen molar-refractivity contribution >= 4 is 21.9 Å². The SMILES string of the molecule is CC(C#N)Oc1ccc(Br)cc1C(=O)O. The summed E-state index contributed by atoms with van der Waals surface area (Å²) in [5, 5.41) is 17.4. The van der Waals surface area contributed by atoms with E-state index in [2.05, 4.69) is 15.9 Å². The average molecular weight is 270 g/mol. The molecule has 0 spiro atoms. The first-order chi connectivity index (χ1) is 7.04. The maximum atomic E-state index is 10.9. The smallest absolute Gasteiger partial charge is 0.339 e. The number of carboxylic acids is 1. The molecule has 0 bridgehead atoms. The number of benzene rings is 1. The van der Waals surface area contributed by atoms with Gasteiger partial charge < -0.3 is 9.84 Å². The fourth-order valence-corrected chi connectivity index (χ4v) is 1.35. The van der Waals surface area contributed by atoms with Gasteiger partial charge >= 0.3 is 5.97 Å². The van der Waals surface area contributed by atoms with Gasteiger partial charge in [0.05, 0.1) is 0 Å². The van der Waals surface area contributed by atoms with Gasteiger partial charge in [-0.3, -0.25) is 0 Å². The first-order valence-electron chi connectivity index (χ1n) is 4.13. The zero-order valence-electron chi connectivity index (χ0n) is 7.90. The highest BCUT2D eigenvalue weighted by atomic mass is 79.9. The summed E-state index contributed by atoms with van der Waals surface area (Å²) >= 11 is 3.16. The highest BCUT2D eigenvalue weighted by molar-refractivity contribution is 9.10. The molecule has 1 rings (SSSR count). The summed E-state index contributed by atoms with van der Waals surface area (Å²) in [6, 6.07) is 6.47. The van der Waals surface area contributed by atoms with Crippen LogP contribution in [0.2, 0.25) is 0 Å². The number of halogens is 1. The summed E-state index contributed by atoms with van der Waals surface area (Å²) in [4.78, 5) is 10.9. The lowest BCUT2D eigenvalue weighted by Crippen LogP contribution is -2.11. The normalized spacial score (nSPS) is 11.5. The third-order valence-corrected chi connectivity index (χ3v) is 2.15. The van der Waals surface area contributed by atoms with Crippen LogP contribution in [0, 0.1) is 11.3 Å². The number of rotatable bonds is 3. The Labute approximate surface area is 95.2 Å². The summed E-state index contributed by atoms with van der Waals surface area (Å²) in [6.07, 6.45) is -0.677. The lowest BCUT2D eigenvalue weighted by molar-refractivity contribution is 0.0691. The second-order valence-corrected chi connectivity index (χ2v) is 3.75. The maximum Gasteiger partial charge on any atom is 0.339 e. The molecule has 0 fully saturated rings.